The van der Waals surface area contributed by atoms with Crippen LogP contribution in [-0.2, 0) is 9.59 Å². The van der Waals surface area contributed by atoms with Crippen molar-refractivity contribution in [3.05, 3.63) is 60.2 Å². The average Bonchev–Trinajstić information content (AvgIpc) is 2.55. The van der Waals surface area contributed by atoms with Gasteiger partial charge in [-0.05, 0) is 23.8 Å². The fraction of sp³-hybridized carbons (Fsp3) is 0.176. The van der Waals surface area contributed by atoms with Gasteiger partial charge in [-0.1, -0.05) is 36.4 Å². The SMILES string of the molecule is NC(=O)CN[C@H]1c2ccccc2NC(=O)[C@@H]1Oc1ccccc1. The quantitative estimate of drug-likeness (QED) is 0.773. The molecule has 0 radical (unpaired) electrons. The number of hydrogen-bond donors (Lipinski definition) is 3. The van der Waals surface area contributed by atoms with Gasteiger partial charge in [0.25, 0.3) is 5.91 Å². The molecule has 23 heavy (non-hydrogen) atoms. The molecule has 0 spiro atoms. The van der Waals surface area contributed by atoms with Crippen LogP contribution in [0.15, 0.2) is 54.6 Å². The van der Waals surface area contributed by atoms with E-state index in [4.69, 9.17) is 10.5 Å². The Labute approximate surface area is 133 Å². The largest absolute Gasteiger partial charge is 0.479 e. The minimum absolute atomic E-state index is 0.0407. The van der Waals surface area contributed by atoms with E-state index in [2.05, 4.69) is 10.6 Å². The molecule has 0 aromatic heterocycles. The number of benzene rings is 2. The molecule has 1 heterocycles. The molecule has 0 bridgehead atoms. The zero-order chi connectivity index (χ0) is 16.2. The monoisotopic (exact) mass is 311 g/mol. The van der Waals surface area contributed by atoms with Gasteiger partial charge in [-0.25, -0.2) is 0 Å². The fourth-order valence-electron chi connectivity index (χ4n) is 2.60. The number of amides is 2. The summed E-state index contributed by atoms with van der Waals surface area (Å²) in [6, 6.07) is 16.0. The number of primary amides is 1. The molecule has 2 atom stereocenters. The van der Waals surface area contributed by atoms with E-state index < -0.39 is 18.1 Å². The second kappa shape index (κ2) is 6.50. The zero-order valence-corrected chi connectivity index (χ0v) is 12.4. The van der Waals surface area contributed by atoms with Gasteiger partial charge in [-0.15, -0.1) is 0 Å². The van der Waals surface area contributed by atoms with Gasteiger partial charge in [0.2, 0.25) is 5.91 Å². The van der Waals surface area contributed by atoms with E-state index >= 15 is 0 Å². The number of anilines is 1. The number of carbonyl (C=O) groups is 2. The van der Waals surface area contributed by atoms with Gasteiger partial charge in [0.05, 0.1) is 12.6 Å². The summed E-state index contributed by atoms with van der Waals surface area (Å²) < 4.78 is 5.84. The Morgan fingerprint density at radius 1 is 1.13 bits per heavy atom. The normalized spacial score (nSPS) is 19.6. The molecular formula is C17H17N3O3. The highest BCUT2D eigenvalue weighted by Gasteiger charge is 2.37. The van der Waals surface area contributed by atoms with E-state index in [1.165, 1.54) is 0 Å². The van der Waals surface area contributed by atoms with Crippen molar-refractivity contribution < 1.29 is 14.3 Å². The summed E-state index contributed by atoms with van der Waals surface area (Å²) in [5, 5.41) is 5.85. The highest BCUT2D eigenvalue weighted by Crippen LogP contribution is 2.32. The summed E-state index contributed by atoms with van der Waals surface area (Å²) in [6.45, 7) is -0.0407. The van der Waals surface area contributed by atoms with Gasteiger partial charge in [-0.3, -0.25) is 14.9 Å². The van der Waals surface area contributed by atoms with Crippen LogP contribution < -0.4 is 21.1 Å². The number of para-hydroxylation sites is 2. The van der Waals surface area contributed by atoms with Crippen LogP contribution in [0.1, 0.15) is 11.6 Å². The number of ether oxygens (including phenoxy) is 1. The van der Waals surface area contributed by atoms with Crippen molar-refractivity contribution in [3.8, 4) is 5.75 Å². The van der Waals surface area contributed by atoms with Crippen LogP contribution in [0, 0.1) is 0 Å². The Bertz CT molecular complexity index is 718. The molecule has 2 aromatic carbocycles. The highest BCUT2D eigenvalue weighted by atomic mass is 16.5. The van der Waals surface area contributed by atoms with E-state index in [0.717, 1.165) is 5.56 Å². The van der Waals surface area contributed by atoms with Crippen LogP contribution in [0.25, 0.3) is 0 Å². The average molecular weight is 311 g/mol. The van der Waals surface area contributed by atoms with Gasteiger partial charge < -0.3 is 15.8 Å². The second-order valence-corrected chi connectivity index (χ2v) is 5.25. The molecule has 4 N–H and O–H groups in total. The van der Waals surface area contributed by atoms with Crippen LogP contribution in [0.4, 0.5) is 5.69 Å². The molecule has 6 heteroatoms. The number of fused-ring (bicyclic) bond motifs is 1. The lowest BCUT2D eigenvalue weighted by atomic mass is 9.94. The van der Waals surface area contributed by atoms with E-state index in [9.17, 15) is 9.59 Å². The first-order valence-electron chi connectivity index (χ1n) is 7.28. The summed E-state index contributed by atoms with van der Waals surface area (Å²) >= 11 is 0. The lowest BCUT2D eigenvalue weighted by Gasteiger charge is -2.33. The smallest absolute Gasteiger partial charge is 0.267 e. The fourth-order valence-corrected chi connectivity index (χ4v) is 2.60. The first-order valence-corrected chi connectivity index (χ1v) is 7.28. The van der Waals surface area contributed by atoms with Crippen LogP contribution in [0.2, 0.25) is 0 Å². The number of carbonyl (C=O) groups excluding carboxylic acids is 2. The lowest BCUT2D eigenvalue weighted by Crippen LogP contribution is -2.49. The predicted molar refractivity (Wildman–Crippen MR) is 85.9 cm³/mol. The van der Waals surface area contributed by atoms with Gasteiger partial charge >= 0.3 is 0 Å². The third-order valence-electron chi connectivity index (χ3n) is 3.62. The Balaban J connectivity index is 1.91. The van der Waals surface area contributed by atoms with Crippen molar-refractivity contribution in [1.82, 2.24) is 5.32 Å². The topological polar surface area (TPSA) is 93.5 Å². The van der Waals surface area contributed by atoms with Crippen LogP contribution in [-0.4, -0.2) is 24.5 Å². The molecule has 3 rings (SSSR count). The van der Waals surface area contributed by atoms with Crippen molar-refractivity contribution in [2.75, 3.05) is 11.9 Å². The molecule has 118 valence electrons. The first-order chi connectivity index (χ1) is 11.1. The maximum absolute atomic E-state index is 12.4. The summed E-state index contributed by atoms with van der Waals surface area (Å²) in [7, 11) is 0. The van der Waals surface area contributed by atoms with Gasteiger partial charge in [-0.2, -0.15) is 0 Å². The van der Waals surface area contributed by atoms with Crippen LogP contribution >= 0.6 is 0 Å². The van der Waals surface area contributed by atoms with Gasteiger partial charge in [0.15, 0.2) is 6.10 Å². The Morgan fingerprint density at radius 2 is 1.83 bits per heavy atom. The molecule has 2 aromatic rings. The molecule has 1 aliphatic rings. The van der Waals surface area contributed by atoms with Gasteiger partial charge in [0, 0.05) is 5.69 Å². The maximum Gasteiger partial charge on any atom is 0.267 e. The first kappa shape index (κ1) is 15.1. The lowest BCUT2D eigenvalue weighted by molar-refractivity contribution is -0.125. The predicted octanol–water partition coefficient (Wildman–Crippen LogP) is 1.20. The Hall–Kier alpha value is -2.86. The van der Waals surface area contributed by atoms with Crippen molar-refractivity contribution in [3.63, 3.8) is 0 Å². The molecule has 2 amide bonds. The molecule has 0 saturated carbocycles. The highest BCUT2D eigenvalue weighted by molar-refractivity contribution is 5.98. The van der Waals surface area contributed by atoms with E-state index in [0.29, 0.717) is 11.4 Å². The van der Waals surface area contributed by atoms with Crippen molar-refractivity contribution in [2.24, 2.45) is 5.73 Å². The summed E-state index contributed by atoms with van der Waals surface area (Å²) in [4.78, 5) is 23.5. The minimum atomic E-state index is -0.799. The Morgan fingerprint density at radius 3 is 2.57 bits per heavy atom. The minimum Gasteiger partial charge on any atom is -0.479 e. The molecule has 6 nitrogen and oxygen atoms in total. The molecule has 0 unspecified atom stereocenters. The third kappa shape index (κ3) is 3.32. The van der Waals surface area contributed by atoms with Crippen LogP contribution in [0.5, 0.6) is 5.75 Å². The van der Waals surface area contributed by atoms with Gasteiger partial charge in [0.1, 0.15) is 5.75 Å². The Kier molecular flexibility index (Phi) is 4.25. The summed E-state index contributed by atoms with van der Waals surface area (Å²) in [6.07, 6.45) is -0.799. The van der Waals surface area contributed by atoms with Crippen LogP contribution in [0.3, 0.4) is 0 Å². The summed E-state index contributed by atoms with van der Waals surface area (Å²) in [5.74, 6) is -0.181. The van der Waals surface area contributed by atoms with E-state index in [-0.39, 0.29) is 12.5 Å². The zero-order valence-electron chi connectivity index (χ0n) is 12.4. The maximum atomic E-state index is 12.4. The van der Waals surface area contributed by atoms with E-state index in [1.807, 2.05) is 42.5 Å². The second-order valence-electron chi connectivity index (χ2n) is 5.25. The van der Waals surface area contributed by atoms with Crippen molar-refractivity contribution >= 4 is 17.5 Å². The standard InChI is InChI=1S/C17H17N3O3/c18-14(21)10-19-15-12-8-4-5-9-13(12)20-17(22)16(15)23-11-6-2-1-3-7-11/h1-9,15-16,19H,10H2,(H2,18,21)(H,20,22)/t15-,16+/m0/s1. The van der Waals surface area contributed by atoms with Crippen molar-refractivity contribution in [1.29, 1.82) is 0 Å². The van der Waals surface area contributed by atoms with E-state index in [1.54, 1.807) is 12.1 Å². The summed E-state index contributed by atoms with van der Waals surface area (Å²) in [5.41, 5.74) is 6.78. The van der Waals surface area contributed by atoms with Crippen molar-refractivity contribution in [2.45, 2.75) is 12.1 Å². The molecular weight excluding hydrogens is 294 g/mol. The third-order valence-corrected chi connectivity index (χ3v) is 3.62. The number of hydrogen-bond acceptors (Lipinski definition) is 4. The molecule has 0 aliphatic carbocycles. The molecule has 1 aliphatic heterocycles. The number of nitrogens with one attached hydrogen (secondary N) is 2. The molecule has 0 fully saturated rings. The molecule has 0 saturated heterocycles. The number of nitrogens with two attached hydrogens (primary N) is 1. The number of rotatable bonds is 5.